The quantitative estimate of drug-likeness (QED) is 0.759. The first-order valence-corrected chi connectivity index (χ1v) is 10.5. The fourth-order valence-corrected chi connectivity index (χ4v) is 3.45. The number of hydrogen-bond acceptors (Lipinski definition) is 4. The van der Waals surface area contributed by atoms with Crippen LogP contribution in [0.25, 0.3) is 0 Å². The van der Waals surface area contributed by atoms with Crippen molar-refractivity contribution in [3.05, 3.63) is 54.6 Å². The lowest BCUT2D eigenvalue weighted by Gasteiger charge is -2.35. The van der Waals surface area contributed by atoms with Crippen LogP contribution in [0.3, 0.4) is 0 Å². The maximum Gasteiger partial charge on any atom is 0.322 e. The van der Waals surface area contributed by atoms with E-state index in [-0.39, 0.29) is 11.9 Å². The number of likely N-dealkylation sites (N-methyl/N-ethyl adjacent to an activating group) is 1. The molecule has 160 valence electrons. The monoisotopic (exact) mass is 410 g/mol. The number of amides is 3. The fourth-order valence-electron chi connectivity index (χ4n) is 3.45. The number of benzene rings is 2. The van der Waals surface area contributed by atoms with Crippen molar-refractivity contribution >= 4 is 17.6 Å². The molecule has 1 N–H and O–H groups in total. The lowest BCUT2D eigenvalue weighted by molar-refractivity contribution is -0.132. The van der Waals surface area contributed by atoms with Crippen molar-refractivity contribution in [1.82, 2.24) is 14.7 Å². The highest BCUT2D eigenvalue weighted by Gasteiger charge is 2.24. The third kappa shape index (κ3) is 5.73. The van der Waals surface area contributed by atoms with Gasteiger partial charge in [0.2, 0.25) is 5.91 Å². The molecule has 7 heteroatoms. The molecule has 1 heterocycles. The van der Waals surface area contributed by atoms with E-state index < -0.39 is 0 Å². The summed E-state index contributed by atoms with van der Waals surface area (Å²) in [5, 5.41) is 2.96. The van der Waals surface area contributed by atoms with Crippen LogP contribution < -0.4 is 10.1 Å². The summed E-state index contributed by atoms with van der Waals surface area (Å²) in [6.45, 7) is 8.37. The zero-order chi connectivity index (χ0) is 21.3. The molecule has 0 spiro atoms. The number of piperazine rings is 1. The van der Waals surface area contributed by atoms with Gasteiger partial charge in [0.15, 0.2) is 5.75 Å². The Kier molecular flexibility index (Phi) is 7.68. The van der Waals surface area contributed by atoms with E-state index in [1.807, 2.05) is 73.3 Å². The van der Waals surface area contributed by atoms with Gasteiger partial charge in [0.1, 0.15) is 5.75 Å². The Morgan fingerprint density at radius 2 is 1.57 bits per heavy atom. The number of para-hydroxylation sites is 3. The summed E-state index contributed by atoms with van der Waals surface area (Å²) in [6.07, 6.45) is 0. The predicted molar refractivity (Wildman–Crippen MR) is 118 cm³/mol. The van der Waals surface area contributed by atoms with E-state index in [4.69, 9.17) is 4.74 Å². The molecule has 0 unspecified atom stereocenters. The van der Waals surface area contributed by atoms with Gasteiger partial charge in [-0.25, -0.2) is 4.79 Å². The number of carbonyl (C=O) groups is 2. The summed E-state index contributed by atoms with van der Waals surface area (Å²) in [7, 11) is 0. The zero-order valence-electron chi connectivity index (χ0n) is 17.7. The highest BCUT2D eigenvalue weighted by atomic mass is 16.5. The van der Waals surface area contributed by atoms with E-state index in [9.17, 15) is 9.59 Å². The predicted octanol–water partition coefficient (Wildman–Crippen LogP) is 3.50. The zero-order valence-corrected chi connectivity index (χ0v) is 17.7. The molecule has 7 nitrogen and oxygen atoms in total. The summed E-state index contributed by atoms with van der Waals surface area (Å²) in [6, 6.07) is 16.7. The third-order valence-corrected chi connectivity index (χ3v) is 5.23. The molecule has 3 amide bonds. The fraction of sp³-hybridized carbons (Fsp3) is 0.391. The van der Waals surface area contributed by atoms with Gasteiger partial charge in [0, 0.05) is 39.3 Å². The second kappa shape index (κ2) is 10.6. The maximum atomic E-state index is 12.8. The van der Waals surface area contributed by atoms with Crippen LogP contribution in [0.2, 0.25) is 0 Å². The number of rotatable bonds is 7. The number of carbonyl (C=O) groups excluding carboxylic acids is 2. The second-order valence-electron chi connectivity index (χ2n) is 7.17. The first-order chi connectivity index (χ1) is 14.6. The van der Waals surface area contributed by atoms with Crippen LogP contribution in [-0.4, -0.2) is 72.5 Å². The van der Waals surface area contributed by atoms with Gasteiger partial charge in [-0.1, -0.05) is 30.3 Å². The largest absolute Gasteiger partial charge is 0.455 e. The average molecular weight is 411 g/mol. The molecule has 0 radical (unpaired) electrons. The van der Waals surface area contributed by atoms with Crippen LogP contribution in [0.4, 0.5) is 10.5 Å². The SMILES string of the molecule is CCN(CC)C(=O)CN1CCN(C(=O)Nc2ccccc2Oc2ccccc2)CC1. The van der Waals surface area contributed by atoms with Crippen molar-refractivity contribution in [1.29, 1.82) is 0 Å². The van der Waals surface area contributed by atoms with Gasteiger partial charge in [0.05, 0.1) is 12.2 Å². The molecule has 2 aromatic rings. The van der Waals surface area contributed by atoms with E-state index in [0.29, 0.717) is 49.9 Å². The molecule has 30 heavy (non-hydrogen) atoms. The van der Waals surface area contributed by atoms with Crippen LogP contribution in [0.15, 0.2) is 54.6 Å². The third-order valence-electron chi connectivity index (χ3n) is 5.23. The molecule has 3 rings (SSSR count). The Labute approximate surface area is 178 Å². The van der Waals surface area contributed by atoms with Gasteiger partial charge in [-0.2, -0.15) is 0 Å². The molecule has 0 saturated carbocycles. The van der Waals surface area contributed by atoms with Crippen LogP contribution in [0, 0.1) is 0 Å². The smallest absolute Gasteiger partial charge is 0.322 e. The van der Waals surface area contributed by atoms with Crippen molar-refractivity contribution in [3.8, 4) is 11.5 Å². The van der Waals surface area contributed by atoms with Crippen LogP contribution in [-0.2, 0) is 4.79 Å². The van der Waals surface area contributed by atoms with Crippen molar-refractivity contribution in [2.45, 2.75) is 13.8 Å². The molecular weight excluding hydrogens is 380 g/mol. The van der Waals surface area contributed by atoms with Crippen LogP contribution in [0.5, 0.6) is 11.5 Å². The number of ether oxygens (including phenoxy) is 1. The summed E-state index contributed by atoms with van der Waals surface area (Å²) in [5.41, 5.74) is 0.630. The molecule has 0 aromatic heterocycles. The van der Waals surface area contributed by atoms with Crippen molar-refractivity contribution in [2.75, 3.05) is 51.1 Å². The van der Waals surface area contributed by atoms with E-state index in [2.05, 4.69) is 10.2 Å². The number of urea groups is 1. The van der Waals surface area contributed by atoms with E-state index in [0.717, 1.165) is 13.1 Å². The van der Waals surface area contributed by atoms with Gasteiger partial charge < -0.3 is 19.9 Å². The summed E-state index contributed by atoms with van der Waals surface area (Å²) < 4.78 is 5.92. The second-order valence-corrected chi connectivity index (χ2v) is 7.17. The topological polar surface area (TPSA) is 65.1 Å². The van der Waals surface area contributed by atoms with E-state index in [1.54, 1.807) is 4.90 Å². The van der Waals surface area contributed by atoms with Gasteiger partial charge in [-0.3, -0.25) is 9.69 Å². The van der Waals surface area contributed by atoms with E-state index >= 15 is 0 Å². The van der Waals surface area contributed by atoms with Crippen molar-refractivity contribution in [2.24, 2.45) is 0 Å². The van der Waals surface area contributed by atoms with Crippen LogP contribution >= 0.6 is 0 Å². The van der Waals surface area contributed by atoms with Gasteiger partial charge in [-0.05, 0) is 38.1 Å². The summed E-state index contributed by atoms with van der Waals surface area (Å²) in [4.78, 5) is 30.8. The maximum absolute atomic E-state index is 12.8. The van der Waals surface area contributed by atoms with Crippen molar-refractivity contribution < 1.29 is 14.3 Å². The molecule has 0 atom stereocenters. The molecule has 2 aromatic carbocycles. The molecule has 0 aliphatic carbocycles. The van der Waals surface area contributed by atoms with Gasteiger partial charge >= 0.3 is 6.03 Å². The first-order valence-electron chi connectivity index (χ1n) is 10.5. The Bertz CT molecular complexity index is 831. The van der Waals surface area contributed by atoms with Crippen molar-refractivity contribution in [3.63, 3.8) is 0 Å². The van der Waals surface area contributed by atoms with E-state index in [1.165, 1.54) is 0 Å². The molecule has 1 fully saturated rings. The lowest BCUT2D eigenvalue weighted by atomic mass is 10.2. The number of hydrogen-bond donors (Lipinski definition) is 1. The average Bonchev–Trinajstić information content (AvgIpc) is 2.77. The Morgan fingerprint density at radius 3 is 2.23 bits per heavy atom. The molecule has 1 saturated heterocycles. The minimum atomic E-state index is -0.158. The first kappa shape index (κ1) is 21.6. The summed E-state index contributed by atoms with van der Waals surface area (Å²) >= 11 is 0. The molecular formula is C23H30N4O3. The molecule has 0 bridgehead atoms. The number of anilines is 1. The Morgan fingerprint density at radius 1 is 0.933 bits per heavy atom. The normalized spacial score (nSPS) is 14.3. The summed E-state index contributed by atoms with van der Waals surface area (Å²) in [5.74, 6) is 1.45. The minimum Gasteiger partial charge on any atom is -0.455 e. The Balaban J connectivity index is 1.54. The Hall–Kier alpha value is -3.06. The lowest BCUT2D eigenvalue weighted by Crippen LogP contribution is -2.52. The highest BCUT2D eigenvalue weighted by Crippen LogP contribution is 2.29. The van der Waals surface area contributed by atoms with Crippen LogP contribution in [0.1, 0.15) is 13.8 Å². The van der Waals surface area contributed by atoms with Gasteiger partial charge in [0.25, 0.3) is 0 Å². The van der Waals surface area contributed by atoms with Gasteiger partial charge in [-0.15, -0.1) is 0 Å². The highest BCUT2D eigenvalue weighted by molar-refractivity contribution is 5.91. The number of nitrogens with one attached hydrogen (secondary N) is 1. The number of nitrogens with zero attached hydrogens (tertiary/aromatic N) is 3. The molecule has 1 aliphatic rings. The standard InChI is InChI=1S/C23H30N4O3/c1-3-26(4-2)22(28)18-25-14-16-27(17-15-25)23(29)24-20-12-8-9-13-21(20)30-19-10-6-5-7-11-19/h5-13H,3-4,14-18H2,1-2H3,(H,24,29). The molecule has 1 aliphatic heterocycles. The minimum absolute atomic E-state index is 0.143.